The van der Waals surface area contributed by atoms with Gasteiger partial charge in [0.25, 0.3) is 6.47 Å². The number of hydrogen-bond donors (Lipinski definition) is 1. The summed E-state index contributed by atoms with van der Waals surface area (Å²) >= 11 is 5.96. The average Bonchev–Trinajstić information content (AvgIpc) is 2.43. The van der Waals surface area contributed by atoms with E-state index >= 15 is 0 Å². The zero-order valence-corrected chi connectivity index (χ0v) is 12.5. The third-order valence-corrected chi connectivity index (χ3v) is 2.61. The van der Waals surface area contributed by atoms with E-state index in [1.54, 1.807) is 6.07 Å². The summed E-state index contributed by atoms with van der Waals surface area (Å²) in [5.74, 6) is -0.309. The van der Waals surface area contributed by atoms with Gasteiger partial charge in [-0.05, 0) is 30.7 Å². The monoisotopic (exact) mass is 296 g/mol. The summed E-state index contributed by atoms with van der Waals surface area (Å²) in [5, 5.41) is 7.33. The topological polar surface area (TPSA) is 37.3 Å². The molecule has 0 aliphatic heterocycles. The second-order valence-electron chi connectivity index (χ2n) is 3.60. The van der Waals surface area contributed by atoms with Gasteiger partial charge in [0.2, 0.25) is 0 Å². The highest BCUT2D eigenvalue weighted by Gasteiger charge is 2.03. The molecule has 0 spiro atoms. The molecule has 2 rings (SSSR count). The summed E-state index contributed by atoms with van der Waals surface area (Å²) in [6, 6.07) is 12.4. The molecule has 20 heavy (non-hydrogen) atoms. The van der Waals surface area contributed by atoms with Gasteiger partial charge in [-0.25, -0.2) is 4.39 Å². The van der Waals surface area contributed by atoms with E-state index in [-0.39, 0.29) is 12.3 Å². The van der Waals surface area contributed by atoms with Crippen molar-refractivity contribution in [3.8, 4) is 11.1 Å². The van der Waals surface area contributed by atoms with Crippen LogP contribution in [-0.2, 0) is 4.79 Å². The minimum atomic E-state index is -0.309. The quantitative estimate of drug-likeness (QED) is 0.736. The third-order valence-electron chi connectivity index (χ3n) is 2.29. The lowest BCUT2D eigenvalue weighted by Crippen LogP contribution is -1.82. The molecule has 0 aromatic heterocycles. The molecule has 0 heterocycles. The largest absolute Gasteiger partial charge is 0.483 e. The molecule has 0 saturated carbocycles. The predicted octanol–water partition coefficient (Wildman–Crippen LogP) is 5.18. The standard InChI is InChI=1S/C13H10ClF.C2H6.CH2O2/c1-9-2-4-10(5-3-9)12-7-6-11(15)8-13(12)14;1-2;2-1-3/h2-8H,1H3;1-2H3;1H,(H,2,3). The van der Waals surface area contributed by atoms with E-state index in [1.807, 2.05) is 45.0 Å². The predicted molar refractivity (Wildman–Crippen MR) is 81.6 cm³/mol. The first-order valence-corrected chi connectivity index (χ1v) is 6.56. The van der Waals surface area contributed by atoms with Gasteiger partial charge in [-0.15, -0.1) is 0 Å². The molecule has 0 unspecified atom stereocenters. The van der Waals surface area contributed by atoms with E-state index in [4.69, 9.17) is 21.5 Å². The Labute approximate surface area is 123 Å². The lowest BCUT2D eigenvalue weighted by molar-refractivity contribution is -0.122. The van der Waals surface area contributed by atoms with Crippen LogP contribution in [0.2, 0.25) is 5.02 Å². The van der Waals surface area contributed by atoms with Crippen molar-refractivity contribution in [1.29, 1.82) is 0 Å². The first-order chi connectivity index (χ1) is 9.58. The van der Waals surface area contributed by atoms with Crippen LogP contribution in [0, 0.1) is 12.7 Å². The molecule has 0 bridgehead atoms. The van der Waals surface area contributed by atoms with Crippen molar-refractivity contribution in [3.05, 3.63) is 58.9 Å². The smallest absolute Gasteiger partial charge is 0.290 e. The molecule has 0 atom stereocenters. The number of aryl methyl sites for hydroxylation is 1. The normalized spacial score (nSPS) is 8.65. The Balaban J connectivity index is 0.000000641. The highest BCUT2D eigenvalue weighted by molar-refractivity contribution is 6.33. The average molecular weight is 297 g/mol. The number of hydrogen-bond acceptors (Lipinski definition) is 1. The Kier molecular flexibility index (Phi) is 9.05. The number of carboxylic acid groups (broad SMARTS) is 1. The van der Waals surface area contributed by atoms with Crippen LogP contribution >= 0.6 is 11.6 Å². The van der Waals surface area contributed by atoms with E-state index in [0.717, 1.165) is 11.1 Å². The van der Waals surface area contributed by atoms with Gasteiger partial charge in [0.15, 0.2) is 0 Å². The zero-order valence-electron chi connectivity index (χ0n) is 11.7. The third kappa shape index (κ3) is 5.85. The van der Waals surface area contributed by atoms with E-state index < -0.39 is 0 Å². The van der Waals surface area contributed by atoms with E-state index in [2.05, 4.69) is 0 Å². The maximum Gasteiger partial charge on any atom is 0.290 e. The van der Waals surface area contributed by atoms with Crippen molar-refractivity contribution < 1.29 is 14.3 Å². The molecule has 0 radical (unpaired) electrons. The number of halogens is 2. The van der Waals surface area contributed by atoms with Gasteiger partial charge in [0, 0.05) is 5.56 Å². The summed E-state index contributed by atoms with van der Waals surface area (Å²) in [4.78, 5) is 8.36. The molecule has 108 valence electrons. The fourth-order valence-corrected chi connectivity index (χ4v) is 1.73. The molecule has 0 aliphatic carbocycles. The highest BCUT2D eigenvalue weighted by Crippen LogP contribution is 2.28. The van der Waals surface area contributed by atoms with Crippen molar-refractivity contribution in [2.45, 2.75) is 20.8 Å². The van der Waals surface area contributed by atoms with Gasteiger partial charge in [-0.2, -0.15) is 0 Å². The summed E-state index contributed by atoms with van der Waals surface area (Å²) in [6.45, 7) is 5.77. The van der Waals surface area contributed by atoms with Crippen LogP contribution in [0.25, 0.3) is 11.1 Å². The molecule has 2 nitrogen and oxygen atoms in total. The first-order valence-electron chi connectivity index (χ1n) is 6.18. The molecule has 0 fully saturated rings. The Hall–Kier alpha value is -1.87. The lowest BCUT2D eigenvalue weighted by atomic mass is 10.0. The fourth-order valence-electron chi connectivity index (χ4n) is 1.46. The Bertz CT molecular complexity index is 525. The van der Waals surface area contributed by atoms with E-state index in [9.17, 15) is 4.39 Å². The molecule has 2 aromatic carbocycles. The van der Waals surface area contributed by atoms with Crippen LogP contribution in [0.5, 0.6) is 0 Å². The minimum Gasteiger partial charge on any atom is -0.483 e. The lowest BCUT2D eigenvalue weighted by Gasteiger charge is -2.04. The van der Waals surface area contributed by atoms with Crippen molar-refractivity contribution in [3.63, 3.8) is 0 Å². The molecule has 4 heteroatoms. The van der Waals surface area contributed by atoms with Gasteiger partial charge in [-0.1, -0.05) is 55.3 Å². The van der Waals surface area contributed by atoms with Crippen molar-refractivity contribution in [2.24, 2.45) is 0 Å². The zero-order chi connectivity index (χ0) is 15.5. The molecule has 0 amide bonds. The molecular formula is C16H18ClFO2. The molecule has 0 saturated heterocycles. The highest BCUT2D eigenvalue weighted by atomic mass is 35.5. The molecular weight excluding hydrogens is 279 g/mol. The maximum absolute atomic E-state index is 12.8. The first kappa shape index (κ1) is 18.1. The van der Waals surface area contributed by atoms with Gasteiger partial charge >= 0.3 is 0 Å². The van der Waals surface area contributed by atoms with Crippen LogP contribution in [0.3, 0.4) is 0 Å². The van der Waals surface area contributed by atoms with Gasteiger partial charge in [0.05, 0.1) is 5.02 Å². The second kappa shape index (κ2) is 9.98. The Morgan fingerprint density at radius 3 is 2.05 bits per heavy atom. The van der Waals surface area contributed by atoms with Crippen molar-refractivity contribution >= 4 is 18.1 Å². The molecule has 2 aromatic rings. The maximum atomic E-state index is 12.8. The fraction of sp³-hybridized carbons (Fsp3) is 0.188. The van der Waals surface area contributed by atoms with E-state index in [0.29, 0.717) is 5.02 Å². The van der Waals surface area contributed by atoms with Gasteiger partial charge < -0.3 is 5.11 Å². The van der Waals surface area contributed by atoms with Crippen LogP contribution in [0.1, 0.15) is 19.4 Å². The molecule has 1 N–H and O–H groups in total. The van der Waals surface area contributed by atoms with Crippen LogP contribution in [0.15, 0.2) is 42.5 Å². The second-order valence-corrected chi connectivity index (χ2v) is 4.00. The van der Waals surface area contributed by atoms with Crippen LogP contribution in [-0.4, -0.2) is 11.6 Å². The van der Waals surface area contributed by atoms with Gasteiger partial charge in [-0.3, -0.25) is 4.79 Å². The summed E-state index contributed by atoms with van der Waals surface area (Å²) in [5.41, 5.74) is 3.06. The number of rotatable bonds is 1. The summed E-state index contributed by atoms with van der Waals surface area (Å²) in [7, 11) is 0. The Morgan fingerprint density at radius 2 is 1.60 bits per heavy atom. The number of carbonyl (C=O) groups is 1. The summed E-state index contributed by atoms with van der Waals surface area (Å²) in [6.07, 6.45) is 0. The van der Waals surface area contributed by atoms with Gasteiger partial charge in [0.1, 0.15) is 5.82 Å². The van der Waals surface area contributed by atoms with Crippen molar-refractivity contribution in [2.75, 3.05) is 0 Å². The SMILES string of the molecule is CC.Cc1ccc(-c2ccc(F)cc2Cl)cc1.O=CO. The molecule has 0 aliphatic rings. The van der Waals surface area contributed by atoms with Crippen LogP contribution in [0.4, 0.5) is 4.39 Å². The Morgan fingerprint density at radius 1 is 1.10 bits per heavy atom. The number of benzene rings is 2. The summed E-state index contributed by atoms with van der Waals surface area (Å²) < 4.78 is 12.8. The van der Waals surface area contributed by atoms with Crippen LogP contribution < -0.4 is 0 Å². The van der Waals surface area contributed by atoms with Crippen molar-refractivity contribution in [1.82, 2.24) is 0 Å². The minimum absolute atomic E-state index is 0.250. The van der Waals surface area contributed by atoms with E-state index in [1.165, 1.54) is 17.7 Å².